The summed E-state index contributed by atoms with van der Waals surface area (Å²) in [4.78, 5) is 88.4. The maximum atomic E-state index is 14.1. The molecule has 4 saturated heterocycles. The Morgan fingerprint density at radius 3 is 1.19 bits per heavy atom. The van der Waals surface area contributed by atoms with Crippen molar-refractivity contribution in [2.24, 2.45) is 11.8 Å². The number of nitrogens with zero attached hydrogens (tertiary/aromatic N) is 2. The fourth-order valence-corrected chi connectivity index (χ4v) is 11.5. The number of halogens is 8. The molecule has 2 unspecified atom stereocenters. The van der Waals surface area contributed by atoms with E-state index >= 15 is 0 Å². The first kappa shape index (κ1) is 75.5. The lowest BCUT2D eigenvalue weighted by molar-refractivity contribution is -0.213. The SMILES string of the molecule is CC[C@@]1(C(F)F)OC(O)[C@](C)(O)[C@@H]1O.CC[C@@]1(C(F)F)OC(OC(=O)c2ccccc2)[C@](C)(OC(=O)c2ccccc2)[C@@H]1C.CC[C@@]1(C(F)F)O[C@@H](n2ccc(=O)[nH]c2=O)[C@](C)(OC(=O)c2ccccc2)[C@@H]1C.C[C@]1(O)[C@H](n2ccc(=O)[nH]c2=O)O[C@@](CO)(C(F)F)[C@H]1O. The minimum absolute atomic E-state index is 0.0519. The van der Waals surface area contributed by atoms with E-state index in [0.29, 0.717) is 4.57 Å². The average Bonchev–Trinajstić information content (AvgIpc) is 1.60. The number of H-pyrrole nitrogens is 2. The van der Waals surface area contributed by atoms with E-state index in [1.807, 2.05) is 4.98 Å². The number of esters is 3. The molecule has 24 nitrogen and oxygen atoms in total. The predicted octanol–water partition coefficient (Wildman–Crippen LogP) is 5.63. The summed E-state index contributed by atoms with van der Waals surface area (Å²) in [6.07, 6.45) is -20.6. The van der Waals surface area contributed by atoms with Crippen LogP contribution in [0.15, 0.2) is 135 Å². The second kappa shape index (κ2) is 29.2. The summed E-state index contributed by atoms with van der Waals surface area (Å²) in [5.74, 6) is -4.11. The number of hydrogen-bond acceptors (Lipinski definition) is 20. The molecule has 8 N–H and O–H groups in total. The number of alkyl halides is 8. The molecule has 0 aliphatic carbocycles. The van der Waals surface area contributed by atoms with Crippen LogP contribution in [0.3, 0.4) is 0 Å². The van der Waals surface area contributed by atoms with Crippen molar-refractivity contribution in [2.75, 3.05) is 6.61 Å². The predicted molar refractivity (Wildman–Crippen MR) is 312 cm³/mol. The van der Waals surface area contributed by atoms with E-state index in [0.717, 1.165) is 42.9 Å². The smallest absolute Gasteiger partial charge is 0.340 e. The number of aromatic nitrogens is 4. The van der Waals surface area contributed by atoms with Crippen molar-refractivity contribution < 1.29 is 113 Å². The molecule has 518 valence electrons. The molecule has 4 fully saturated rings. The maximum absolute atomic E-state index is 14.1. The number of aliphatic hydroxyl groups is 6. The minimum atomic E-state index is -3.31. The van der Waals surface area contributed by atoms with Gasteiger partial charge in [-0.05, 0) is 83.4 Å². The third-order valence-corrected chi connectivity index (χ3v) is 18.0. The number of benzene rings is 3. The lowest BCUT2D eigenvalue weighted by Crippen LogP contribution is -2.55. The Labute approximate surface area is 530 Å². The van der Waals surface area contributed by atoms with Gasteiger partial charge in [0.25, 0.3) is 36.8 Å². The van der Waals surface area contributed by atoms with Crippen LogP contribution in [0.4, 0.5) is 35.1 Å². The van der Waals surface area contributed by atoms with Gasteiger partial charge >= 0.3 is 29.3 Å². The molecule has 32 heteroatoms. The van der Waals surface area contributed by atoms with Crippen LogP contribution in [0.1, 0.15) is 125 Å². The van der Waals surface area contributed by atoms with Crippen LogP contribution in [0.25, 0.3) is 0 Å². The highest BCUT2D eigenvalue weighted by Gasteiger charge is 2.69. The molecule has 0 spiro atoms. The van der Waals surface area contributed by atoms with Gasteiger partial charge in [0.15, 0.2) is 41.2 Å². The summed E-state index contributed by atoms with van der Waals surface area (Å²) in [5, 5.41) is 57.4. The second-order valence-corrected chi connectivity index (χ2v) is 23.5. The fourth-order valence-electron chi connectivity index (χ4n) is 11.5. The quantitative estimate of drug-likeness (QED) is 0.0337. The molecule has 4 aliphatic rings. The van der Waals surface area contributed by atoms with Crippen molar-refractivity contribution in [1.29, 1.82) is 0 Å². The van der Waals surface area contributed by atoms with Crippen LogP contribution in [-0.2, 0) is 33.2 Å². The van der Waals surface area contributed by atoms with Gasteiger partial charge in [0.2, 0.25) is 6.29 Å². The highest BCUT2D eigenvalue weighted by Crippen LogP contribution is 2.55. The molecular formula is C62H74F8N4O20. The molecular weight excluding hydrogens is 1270 g/mol. The van der Waals surface area contributed by atoms with Crippen molar-refractivity contribution in [1.82, 2.24) is 19.1 Å². The second-order valence-electron chi connectivity index (χ2n) is 23.5. The highest BCUT2D eigenvalue weighted by molar-refractivity contribution is 5.91. The van der Waals surface area contributed by atoms with Crippen molar-refractivity contribution in [2.45, 2.75) is 189 Å². The molecule has 0 radical (unpaired) electrons. The number of hydrogen-bond donors (Lipinski definition) is 8. The molecule has 0 saturated carbocycles. The van der Waals surface area contributed by atoms with Crippen LogP contribution in [0.2, 0.25) is 0 Å². The third-order valence-electron chi connectivity index (χ3n) is 18.0. The molecule has 4 aliphatic heterocycles. The number of carbonyl (C=O) groups is 3. The number of rotatable bonds is 16. The number of nitrogens with one attached hydrogen (secondary N) is 2. The standard InChI is InChI=1S/C23H24F2O5.C20H22F2N2O5.C11H14F2N2O6.C8H14F2O4/c1-4-23(20(24)25)15(2)22(3,29-19(27)17-13-9-6-10-14-17)21(30-23)28-18(26)16-11-7-5-8-12-16;1-4-20(16(21)22)12(2)19(3,28-15(26)13-8-6-5-7-9-13)17(29-20)24-11-10-14(25)23-18(24)27;1-10(20)6(18)11(4-16,7(12)13)21-8(10)15-3-2-5(17)14-9(15)19;1-3-8(5(9)10)4(11)7(2,13)6(12)14-8/h5-15,20-21H,4H2,1-3H3;5-12,16-17H,4H2,1-3H3,(H,23,25,27);2-3,6-8,16,18,20H,4H2,1H3,(H,14,17,19);4-6,11-13H,3H2,1-2H3/t15-,21?,22+,23+;12-,17+,19+,20+;6-,8+,10+,11+;4-,6?,7+,8+/m0000/s1. The summed E-state index contributed by atoms with van der Waals surface area (Å²) < 4.78 is 147. The van der Waals surface area contributed by atoms with Crippen molar-refractivity contribution in [3.8, 4) is 0 Å². The number of aromatic amines is 2. The molecule has 9 rings (SSSR count). The van der Waals surface area contributed by atoms with E-state index in [2.05, 4.69) is 9.72 Å². The number of carbonyl (C=O) groups excluding carboxylic acids is 3. The van der Waals surface area contributed by atoms with Crippen molar-refractivity contribution in [3.63, 3.8) is 0 Å². The van der Waals surface area contributed by atoms with E-state index < -0.39 is 167 Å². The Kier molecular flexibility index (Phi) is 23.5. The topological polar surface area (TPSA) is 347 Å². The van der Waals surface area contributed by atoms with Gasteiger partial charge in [0, 0.05) is 36.4 Å². The Bertz CT molecular complexity index is 3650. The molecule has 3 aromatic carbocycles. The van der Waals surface area contributed by atoms with Gasteiger partial charge in [-0.1, -0.05) is 89.2 Å². The largest absolute Gasteiger partial charge is 0.451 e. The van der Waals surface area contributed by atoms with E-state index in [-0.39, 0.29) is 36.0 Å². The molecule has 0 amide bonds. The Hall–Kier alpha value is -7.53. The van der Waals surface area contributed by atoms with Crippen LogP contribution in [0.5, 0.6) is 0 Å². The summed E-state index contributed by atoms with van der Waals surface area (Å²) in [6.45, 7) is 11.2. The number of ether oxygens (including phenoxy) is 7. The van der Waals surface area contributed by atoms with E-state index in [4.69, 9.17) is 33.5 Å². The Balaban J connectivity index is 0.000000206. The van der Waals surface area contributed by atoms with Crippen LogP contribution < -0.4 is 22.5 Å². The normalized spacial score (nSPS) is 33.4. The highest BCUT2D eigenvalue weighted by atomic mass is 19.3. The van der Waals surface area contributed by atoms with Crippen LogP contribution in [0, 0.1) is 11.8 Å². The molecule has 94 heavy (non-hydrogen) atoms. The molecule has 0 bridgehead atoms. The van der Waals surface area contributed by atoms with Gasteiger partial charge in [-0.2, -0.15) is 0 Å². The van der Waals surface area contributed by atoms with Gasteiger partial charge in [-0.15, -0.1) is 0 Å². The summed E-state index contributed by atoms with van der Waals surface area (Å²) in [7, 11) is 0. The van der Waals surface area contributed by atoms with Crippen LogP contribution in [-0.4, -0.2) is 170 Å². The monoisotopic (exact) mass is 1350 g/mol. The van der Waals surface area contributed by atoms with E-state index in [9.17, 15) is 94.2 Å². The van der Waals surface area contributed by atoms with E-state index in [1.54, 1.807) is 80.6 Å². The molecule has 16 atom stereocenters. The average molecular weight is 1350 g/mol. The van der Waals surface area contributed by atoms with Crippen LogP contribution >= 0.6 is 0 Å². The van der Waals surface area contributed by atoms with Gasteiger partial charge in [-0.25, -0.2) is 59.1 Å². The Morgan fingerprint density at radius 2 is 0.851 bits per heavy atom. The lowest BCUT2D eigenvalue weighted by atomic mass is 9.78. The first-order chi connectivity index (χ1) is 43.8. The number of aliphatic hydroxyl groups excluding tert-OH is 4. The van der Waals surface area contributed by atoms with Gasteiger partial charge in [0.05, 0.1) is 23.3 Å². The summed E-state index contributed by atoms with van der Waals surface area (Å²) >= 11 is 0. The first-order valence-electron chi connectivity index (χ1n) is 29.2. The first-order valence-corrected chi connectivity index (χ1v) is 29.2. The summed E-state index contributed by atoms with van der Waals surface area (Å²) in [5.41, 5.74) is -18.9. The summed E-state index contributed by atoms with van der Waals surface area (Å²) in [6, 6.07) is 26.4. The van der Waals surface area contributed by atoms with Gasteiger partial charge in [-0.3, -0.25) is 28.7 Å². The lowest BCUT2D eigenvalue weighted by Gasteiger charge is -2.36. The van der Waals surface area contributed by atoms with Gasteiger partial charge < -0.3 is 63.8 Å². The fraction of sp³-hybridized carbons (Fsp3) is 0.532. The minimum Gasteiger partial charge on any atom is -0.451 e. The Morgan fingerprint density at radius 1 is 0.500 bits per heavy atom. The van der Waals surface area contributed by atoms with Crippen molar-refractivity contribution >= 4 is 17.9 Å². The molecule has 5 aromatic rings. The zero-order valence-corrected chi connectivity index (χ0v) is 52.0. The zero-order valence-electron chi connectivity index (χ0n) is 52.0. The third kappa shape index (κ3) is 14.1. The zero-order chi connectivity index (χ0) is 70.5. The maximum Gasteiger partial charge on any atom is 0.340 e. The molecule has 6 heterocycles. The van der Waals surface area contributed by atoms with Crippen molar-refractivity contribution in [3.05, 3.63) is 174 Å². The molecule has 2 aromatic heterocycles. The van der Waals surface area contributed by atoms with E-state index in [1.165, 1.54) is 58.9 Å². The van der Waals surface area contributed by atoms with Gasteiger partial charge in [0.1, 0.15) is 34.6 Å².